The molecule has 0 saturated heterocycles. The van der Waals surface area contributed by atoms with Crippen molar-refractivity contribution in [3.63, 3.8) is 0 Å². The number of nitrogens with two attached hydrogens (primary N) is 1. The average molecular weight is 230 g/mol. The van der Waals surface area contributed by atoms with Gasteiger partial charge in [-0.25, -0.2) is 0 Å². The molecule has 17 heavy (non-hydrogen) atoms. The van der Waals surface area contributed by atoms with Crippen molar-refractivity contribution in [1.82, 2.24) is 4.57 Å². The summed E-state index contributed by atoms with van der Waals surface area (Å²) in [6.45, 7) is 0. The van der Waals surface area contributed by atoms with Crippen molar-refractivity contribution in [2.75, 3.05) is 7.11 Å². The number of hydrogen-bond donors (Lipinski definition) is 1. The molecule has 3 nitrogen and oxygen atoms in total. The van der Waals surface area contributed by atoms with Gasteiger partial charge < -0.3 is 15.0 Å². The van der Waals surface area contributed by atoms with E-state index in [1.165, 1.54) is 28.6 Å². The zero-order valence-corrected chi connectivity index (χ0v) is 10.4. The minimum absolute atomic E-state index is 0.176. The van der Waals surface area contributed by atoms with E-state index in [-0.39, 0.29) is 6.04 Å². The molecular weight excluding hydrogens is 212 g/mol. The highest BCUT2D eigenvalue weighted by Crippen LogP contribution is 2.39. The summed E-state index contributed by atoms with van der Waals surface area (Å²) in [5.41, 5.74) is 10.1. The number of benzene rings is 1. The van der Waals surface area contributed by atoms with Gasteiger partial charge in [0, 0.05) is 24.2 Å². The molecule has 1 unspecified atom stereocenters. The van der Waals surface area contributed by atoms with Crippen molar-refractivity contribution in [2.45, 2.75) is 25.3 Å². The Balaban J connectivity index is 2.40. The molecule has 1 aromatic carbocycles. The molecule has 0 amide bonds. The van der Waals surface area contributed by atoms with Gasteiger partial charge in [0.1, 0.15) is 5.75 Å². The summed E-state index contributed by atoms with van der Waals surface area (Å²) in [6, 6.07) is 6.39. The summed E-state index contributed by atoms with van der Waals surface area (Å²) in [5.74, 6) is 0.937. The van der Waals surface area contributed by atoms with E-state index in [1.807, 2.05) is 12.1 Å². The van der Waals surface area contributed by atoms with E-state index in [2.05, 4.69) is 17.7 Å². The Kier molecular flexibility index (Phi) is 2.37. The molecule has 3 rings (SSSR count). The van der Waals surface area contributed by atoms with Gasteiger partial charge >= 0.3 is 0 Å². The first-order valence-corrected chi connectivity index (χ1v) is 6.13. The number of rotatable bonds is 1. The van der Waals surface area contributed by atoms with Gasteiger partial charge in [0.05, 0.1) is 12.6 Å². The highest BCUT2D eigenvalue weighted by Gasteiger charge is 2.25. The van der Waals surface area contributed by atoms with Crippen LogP contribution in [0, 0.1) is 0 Å². The van der Waals surface area contributed by atoms with Crippen molar-refractivity contribution in [2.24, 2.45) is 12.8 Å². The molecule has 1 aliphatic rings. The highest BCUT2D eigenvalue weighted by molar-refractivity contribution is 5.91. The van der Waals surface area contributed by atoms with Gasteiger partial charge in [-0.2, -0.15) is 0 Å². The molecule has 0 saturated carbocycles. The third-order valence-electron chi connectivity index (χ3n) is 3.86. The van der Waals surface area contributed by atoms with Crippen LogP contribution in [0.25, 0.3) is 10.9 Å². The fourth-order valence-corrected chi connectivity index (χ4v) is 3.07. The molecule has 0 bridgehead atoms. The number of aromatic nitrogens is 1. The normalized spacial score (nSPS) is 19.4. The van der Waals surface area contributed by atoms with Crippen molar-refractivity contribution in [3.05, 3.63) is 29.5 Å². The third kappa shape index (κ3) is 1.39. The van der Waals surface area contributed by atoms with Crippen LogP contribution in [0.4, 0.5) is 0 Å². The lowest BCUT2D eigenvalue weighted by atomic mass is 9.91. The average Bonchev–Trinajstić information content (AvgIpc) is 2.65. The molecule has 0 aliphatic heterocycles. The lowest BCUT2D eigenvalue weighted by Gasteiger charge is -2.20. The Bertz CT molecular complexity index is 571. The van der Waals surface area contributed by atoms with E-state index in [9.17, 15) is 0 Å². The molecule has 0 spiro atoms. The monoisotopic (exact) mass is 230 g/mol. The van der Waals surface area contributed by atoms with Crippen LogP contribution in [0.15, 0.2) is 18.2 Å². The zero-order chi connectivity index (χ0) is 12.0. The molecule has 2 aromatic rings. The minimum atomic E-state index is 0.176. The van der Waals surface area contributed by atoms with E-state index in [0.717, 1.165) is 18.6 Å². The van der Waals surface area contributed by atoms with E-state index in [0.29, 0.717) is 0 Å². The Morgan fingerprint density at radius 3 is 3.00 bits per heavy atom. The predicted octanol–water partition coefficient (Wildman–Crippen LogP) is 2.52. The van der Waals surface area contributed by atoms with Gasteiger partial charge in [-0.15, -0.1) is 0 Å². The van der Waals surface area contributed by atoms with Crippen molar-refractivity contribution < 1.29 is 4.74 Å². The van der Waals surface area contributed by atoms with Gasteiger partial charge in [-0.3, -0.25) is 0 Å². The Morgan fingerprint density at radius 2 is 2.24 bits per heavy atom. The first-order chi connectivity index (χ1) is 8.24. The van der Waals surface area contributed by atoms with E-state index in [4.69, 9.17) is 10.5 Å². The van der Waals surface area contributed by atoms with E-state index >= 15 is 0 Å². The second-order valence-corrected chi connectivity index (χ2v) is 4.77. The Hall–Kier alpha value is -1.48. The second-order valence-electron chi connectivity index (χ2n) is 4.77. The van der Waals surface area contributed by atoms with Crippen LogP contribution in [0.3, 0.4) is 0 Å². The maximum atomic E-state index is 6.26. The quantitative estimate of drug-likeness (QED) is 0.817. The second kappa shape index (κ2) is 3.77. The first-order valence-electron chi connectivity index (χ1n) is 6.13. The minimum Gasteiger partial charge on any atom is -0.495 e. The highest BCUT2D eigenvalue weighted by atomic mass is 16.5. The van der Waals surface area contributed by atoms with Crippen LogP contribution in [-0.4, -0.2) is 11.7 Å². The molecule has 1 aliphatic carbocycles. The predicted molar refractivity (Wildman–Crippen MR) is 69.3 cm³/mol. The summed E-state index contributed by atoms with van der Waals surface area (Å²) in [4.78, 5) is 0. The number of fused-ring (bicyclic) bond motifs is 3. The lowest BCUT2D eigenvalue weighted by Crippen LogP contribution is -2.17. The Labute approximate surface area is 101 Å². The Morgan fingerprint density at radius 1 is 1.41 bits per heavy atom. The van der Waals surface area contributed by atoms with Crippen LogP contribution in [0.2, 0.25) is 0 Å². The van der Waals surface area contributed by atoms with E-state index < -0.39 is 0 Å². The van der Waals surface area contributed by atoms with Crippen molar-refractivity contribution in [1.29, 1.82) is 0 Å². The van der Waals surface area contributed by atoms with Gasteiger partial charge in [0.2, 0.25) is 0 Å². The largest absolute Gasteiger partial charge is 0.495 e. The van der Waals surface area contributed by atoms with Crippen molar-refractivity contribution >= 4 is 10.9 Å². The topological polar surface area (TPSA) is 40.2 Å². The lowest BCUT2D eigenvalue weighted by molar-refractivity contribution is 0.417. The molecule has 1 aromatic heterocycles. The zero-order valence-electron chi connectivity index (χ0n) is 10.4. The number of nitrogens with zero attached hydrogens (tertiary/aromatic N) is 1. The van der Waals surface area contributed by atoms with E-state index in [1.54, 1.807) is 7.11 Å². The van der Waals surface area contributed by atoms with Crippen molar-refractivity contribution in [3.8, 4) is 5.75 Å². The maximum absolute atomic E-state index is 6.26. The summed E-state index contributed by atoms with van der Waals surface area (Å²) < 4.78 is 7.71. The molecule has 1 atom stereocenters. The van der Waals surface area contributed by atoms with Crippen LogP contribution >= 0.6 is 0 Å². The smallest absolute Gasteiger partial charge is 0.143 e. The molecule has 0 radical (unpaired) electrons. The first kappa shape index (κ1) is 10.7. The van der Waals surface area contributed by atoms with Crippen LogP contribution < -0.4 is 10.5 Å². The standard InChI is InChI=1S/C14H18N2O/c1-16-11-7-4-6-10(15)13(11)9-5-3-8-12(17-2)14(9)16/h3,5,8,10H,4,6-7,15H2,1-2H3. The fourth-order valence-electron chi connectivity index (χ4n) is 3.07. The summed E-state index contributed by atoms with van der Waals surface area (Å²) in [5, 5.41) is 1.26. The molecular formula is C14H18N2O. The fraction of sp³-hybridized carbons (Fsp3) is 0.429. The van der Waals surface area contributed by atoms with Crippen LogP contribution in [0.1, 0.15) is 30.1 Å². The molecule has 90 valence electrons. The van der Waals surface area contributed by atoms with Crippen LogP contribution in [-0.2, 0) is 13.5 Å². The molecule has 0 fully saturated rings. The third-order valence-corrected chi connectivity index (χ3v) is 3.86. The van der Waals surface area contributed by atoms with Gasteiger partial charge in [0.15, 0.2) is 0 Å². The number of aryl methyl sites for hydroxylation is 1. The molecule has 2 N–H and O–H groups in total. The maximum Gasteiger partial charge on any atom is 0.143 e. The van der Waals surface area contributed by atoms with Crippen LogP contribution in [0.5, 0.6) is 5.75 Å². The van der Waals surface area contributed by atoms with Gasteiger partial charge in [-0.1, -0.05) is 12.1 Å². The van der Waals surface area contributed by atoms with Gasteiger partial charge in [-0.05, 0) is 30.9 Å². The number of ether oxygens (including phenoxy) is 1. The number of para-hydroxylation sites is 1. The summed E-state index contributed by atoms with van der Waals surface area (Å²) in [7, 11) is 3.84. The van der Waals surface area contributed by atoms with Gasteiger partial charge in [0.25, 0.3) is 0 Å². The molecule has 3 heteroatoms. The molecule has 1 heterocycles. The summed E-state index contributed by atoms with van der Waals surface area (Å²) >= 11 is 0. The number of methoxy groups -OCH3 is 1. The SMILES string of the molecule is COc1cccc2c3c(n(C)c12)CCCC3N. The summed E-state index contributed by atoms with van der Waals surface area (Å²) in [6.07, 6.45) is 3.39. The number of hydrogen-bond acceptors (Lipinski definition) is 2.